The third-order valence-electron chi connectivity index (χ3n) is 15.7. The minimum absolute atomic E-state index is 0.105. The van der Waals surface area contributed by atoms with Crippen LogP contribution in [-0.2, 0) is 28.6 Å². The van der Waals surface area contributed by atoms with Crippen LogP contribution in [0.4, 0.5) is 0 Å². The zero-order chi connectivity index (χ0) is 59.2. The Labute approximate surface area is 509 Å². The first kappa shape index (κ1) is 78.6. The maximum atomic E-state index is 12.9. The molecule has 0 aliphatic heterocycles. The minimum atomic E-state index is -0.820. The zero-order valence-corrected chi connectivity index (χ0v) is 54.5. The van der Waals surface area contributed by atoms with Crippen molar-refractivity contribution in [1.29, 1.82) is 0 Å². The fourth-order valence-corrected chi connectivity index (χ4v) is 10.4. The lowest BCUT2D eigenvalue weighted by Crippen LogP contribution is -2.30. The molecular weight excluding hydrogens is 1010 g/mol. The summed E-state index contributed by atoms with van der Waals surface area (Å²) in [5.74, 6) is -1.03. The van der Waals surface area contributed by atoms with Crippen LogP contribution in [0.5, 0.6) is 0 Å². The van der Waals surface area contributed by atoms with Gasteiger partial charge >= 0.3 is 17.9 Å². The molecule has 0 rings (SSSR count). The molecule has 0 bridgehead atoms. The largest absolute Gasteiger partial charge is 0.462 e. The first-order valence-corrected chi connectivity index (χ1v) is 35.6. The van der Waals surface area contributed by atoms with Crippen molar-refractivity contribution in [3.8, 4) is 0 Å². The number of ether oxygens (including phenoxy) is 3. The SMILES string of the molecule is CC/C=C\C/C=C\C/C=C\C/C=C\C/C=C\CC(=O)OCC(COC(=O)CCCCCCCCCCCCCCCCCCCCCCCCCCCCCC)OC(=O)CCCCCCCCCCC/C=C\C/C=C\CCCCCCC. The lowest BCUT2D eigenvalue weighted by atomic mass is 10.0. The molecule has 0 saturated carbocycles. The van der Waals surface area contributed by atoms with Gasteiger partial charge in [0.1, 0.15) is 13.2 Å². The molecule has 82 heavy (non-hydrogen) atoms. The van der Waals surface area contributed by atoms with Crippen molar-refractivity contribution in [2.45, 2.75) is 367 Å². The topological polar surface area (TPSA) is 78.9 Å². The molecule has 1 atom stereocenters. The fraction of sp³-hybridized carbons (Fsp3) is 0.776. The van der Waals surface area contributed by atoms with Gasteiger partial charge in [-0.3, -0.25) is 14.4 Å². The second kappa shape index (κ2) is 70.1. The highest BCUT2D eigenvalue weighted by atomic mass is 16.6. The predicted molar refractivity (Wildman–Crippen MR) is 358 cm³/mol. The molecule has 0 N–H and O–H groups in total. The monoisotopic (exact) mass is 1140 g/mol. The van der Waals surface area contributed by atoms with Crippen molar-refractivity contribution in [2.24, 2.45) is 0 Å². The summed E-state index contributed by atoms with van der Waals surface area (Å²) in [6.07, 6.45) is 93.6. The molecule has 0 spiro atoms. The summed E-state index contributed by atoms with van der Waals surface area (Å²) in [6, 6.07) is 0. The summed E-state index contributed by atoms with van der Waals surface area (Å²) in [4.78, 5) is 38.4. The van der Waals surface area contributed by atoms with E-state index in [4.69, 9.17) is 14.2 Å². The van der Waals surface area contributed by atoms with Gasteiger partial charge in [0.15, 0.2) is 6.10 Å². The van der Waals surface area contributed by atoms with Crippen molar-refractivity contribution < 1.29 is 28.6 Å². The summed E-state index contributed by atoms with van der Waals surface area (Å²) in [6.45, 7) is 6.48. The Morgan fingerprint density at radius 3 is 0.854 bits per heavy atom. The van der Waals surface area contributed by atoms with Gasteiger partial charge in [-0.25, -0.2) is 0 Å². The van der Waals surface area contributed by atoms with E-state index in [1.165, 1.54) is 244 Å². The molecule has 0 fully saturated rings. The van der Waals surface area contributed by atoms with E-state index < -0.39 is 12.1 Å². The summed E-state index contributed by atoms with van der Waals surface area (Å²) in [7, 11) is 0. The normalized spacial score (nSPS) is 12.6. The molecule has 6 nitrogen and oxygen atoms in total. The highest BCUT2D eigenvalue weighted by molar-refractivity contribution is 5.72. The van der Waals surface area contributed by atoms with Gasteiger partial charge in [-0.2, -0.15) is 0 Å². The Hall–Kier alpha value is -3.41. The molecule has 0 aromatic rings. The number of hydrogen-bond donors (Lipinski definition) is 0. The van der Waals surface area contributed by atoms with Crippen LogP contribution in [0.3, 0.4) is 0 Å². The first-order valence-electron chi connectivity index (χ1n) is 35.6. The Kier molecular flexibility index (Phi) is 67.2. The average molecular weight is 1140 g/mol. The smallest absolute Gasteiger partial charge is 0.309 e. The van der Waals surface area contributed by atoms with Gasteiger partial charge in [-0.05, 0) is 77.0 Å². The summed E-state index contributed by atoms with van der Waals surface area (Å²) in [5.41, 5.74) is 0. The van der Waals surface area contributed by atoms with Crippen molar-refractivity contribution in [2.75, 3.05) is 13.2 Å². The summed E-state index contributed by atoms with van der Waals surface area (Å²) < 4.78 is 16.9. The first-order chi connectivity index (χ1) is 40.5. The Balaban J connectivity index is 4.31. The Morgan fingerprint density at radius 2 is 0.524 bits per heavy atom. The van der Waals surface area contributed by atoms with Gasteiger partial charge in [0.05, 0.1) is 6.42 Å². The molecule has 0 aromatic carbocycles. The van der Waals surface area contributed by atoms with E-state index in [9.17, 15) is 14.4 Å². The molecule has 1 unspecified atom stereocenters. The number of allylic oxidation sites excluding steroid dienone is 13. The predicted octanol–water partition coefficient (Wildman–Crippen LogP) is 24.6. The lowest BCUT2D eigenvalue weighted by Gasteiger charge is -2.18. The molecule has 0 aliphatic rings. The van der Waals surface area contributed by atoms with E-state index in [1.54, 1.807) is 0 Å². The van der Waals surface area contributed by atoms with Crippen molar-refractivity contribution >= 4 is 17.9 Å². The van der Waals surface area contributed by atoms with Gasteiger partial charge in [0.25, 0.3) is 0 Å². The molecule has 0 heterocycles. The quantitative estimate of drug-likeness (QED) is 0.0261. The molecule has 0 radical (unpaired) electrons. The van der Waals surface area contributed by atoms with E-state index in [0.29, 0.717) is 12.8 Å². The second-order valence-electron chi connectivity index (χ2n) is 23.8. The molecule has 0 aliphatic carbocycles. The summed E-state index contributed by atoms with van der Waals surface area (Å²) >= 11 is 0. The number of rotatable bonds is 65. The maximum Gasteiger partial charge on any atom is 0.309 e. The lowest BCUT2D eigenvalue weighted by molar-refractivity contribution is -0.166. The highest BCUT2D eigenvalue weighted by Crippen LogP contribution is 2.18. The van der Waals surface area contributed by atoms with Gasteiger partial charge in [0.2, 0.25) is 0 Å². The van der Waals surface area contributed by atoms with Crippen LogP contribution >= 0.6 is 0 Å². The van der Waals surface area contributed by atoms with Crippen LogP contribution in [-0.4, -0.2) is 37.2 Å². The van der Waals surface area contributed by atoms with Gasteiger partial charge in [0, 0.05) is 12.8 Å². The fourth-order valence-electron chi connectivity index (χ4n) is 10.4. The number of carbonyl (C=O) groups is 3. The van der Waals surface area contributed by atoms with E-state index in [1.807, 2.05) is 12.2 Å². The molecule has 474 valence electrons. The number of esters is 3. The molecular formula is C76H134O6. The number of hydrogen-bond acceptors (Lipinski definition) is 6. The standard InChI is InChI=1S/C76H134O6/c1-4-7-10-13-16-19-22-25-28-30-32-34-35-36-37-38-39-40-42-43-45-48-51-54-57-60-63-66-69-75(78)81-72-73(71-80-74(77)68-65-62-59-56-53-50-47-27-24-21-18-15-12-9-6-3)82-76(79)70-67-64-61-58-55-52-49-46-44-41-33-31-29-26-23-20-17-14-11-8-5-2/h9,12,18,21,23,26-27,31,33,47,53,56,62,65,73H,4-8,10-11,13-17,19-20,22,24-25,28-30,32,34-46,48-52,54-55,57-61,63-64,66-72H2,1-3H3/b12-9-,21-18-,26-23-,33-31-,47-27-,56-53-,65-62-. The molecule has 0 amide bonds. The van der Waals surface area contributed by atoms with Crippen LogP contribution in [0.15, 0.2) is 85.1 Å². The van der Waals surface area contributed by atoms with Gasteiger partial charge in [-0.1, -0.05) is 350 Å². The van der Waals surface area contributed by atoms with E-state index in [2.05, 4.69) is 93.7 Å². The third kappa shape index (κ3) is 67.4. The number of unbranched alkanes of at least 4 members (excludes halogenated alkanes) is 41. The molecule has 0 aromatic heterocycles. The van der Waals surface area contributed by atoms with E-state index in [-0.39, 0.29) is 31.6 Å². The zero-order valence-electron chi connectivity index (χ0n) is 54.5. The Bertz CT molecular complexity index is 1550. The van der Waals surface area contributed by atoms with Crippen LogP contribution in [0.1, 0.15) is 361 Å². The van der Waals surface area contributed by atoms with Crippen LogP contribution in [0.25, 0.3) is 0 Å². The van der Waals surface area contributed by atoms with Crippen LogP contribution in [0.2, 0.25) is 0 Å². The van der Waals surface area contributed by atoms with E-state index in [0.717, 1.165) is 77.0 Å². The maximum absolute atomic E-state index is 12.9. The summed E-state index contributed by atoms with van der Waals surface area (Å²) in [5, 5.41) is 0. The van der Waals surface area contributed by atoms with Crippen molar-refractivity contribution in [3.05, 3.63) is 85.1 Å². The third-order valence-corrected chi connectivity index (χ3v) is 15.7. The average Bonchev–Trinajstić information content (AvgIpc) is 3.47. The second-order valence-corrected chi connectivity index (χ2v) is 23.8. The van der Waals surface area contributed by atoms with E-state index >= 15 is 0 Å². The highest BCUT2D eigenvalue weighted by Gasteiger charge is 2.19. The molecule has 0 saturated heterocycles. The van der Waals surface area contributed by atoms with Crippen molar-refractivity contribution in [3.63, 3.8) is 0 Å². The van der Waals surface area contributed by atoms with Crippen LogP contribution in [0, 0.1) is 0 Å². The Morgan fingerprint density at radius 1 is 0.268 bits per heavy atom. The van der Waals surface area contributed by atoms with Gasteiger partial charge in [-0.15, -0.1) is 0 Å². The van der Waals surface area contributed by atoms with Crippen molar-refractivity contribution in [1.82, 2.24) is 0 Å². The van der Waals surface area contributed by atoms with Crippen LogP contribution < -0.4 is 0 Å². The van der Waals surface area contributed by atoms with Gasteiger partial charge < -0.3 is 14.2 Å². The number of carbonyl (C=O) groups excluding carboxylic acids is 3. The minimum Gasteiger partial charge on any atom is -0.462 e. The molecule has 6 heteroatoms.